The summed E-state index contributed by atoms with van der Waals surface area (Å²) < 4.78 is 0. The molecule has 4 rings (SSSR count). The molecule has 0 N–H and O–H groups in total. The molecular formula is C30H44. The number of fused-ring (bicyclic) bond motifs is 1. The lowest BCUT2D eigenvalue weighted by Gasteiger charge is -2.40. The van der Waals surface area contributed by atoms with Gasteiger partial charge in [-0.05, 0) is 108 Å². The van der Waals surface area contributed by atoms with Crippen LogP contribution in [0.1, 0.15) is 104 Å². The summed E-state index contributed by atoms with van der Waals surface area (Å²) in [5, 5.41) is 2.87. The topological polar surface area (TPSA) is 0 Å². The van der Waals surface area contributed by atoms with Crippen LogP contribution in [0.4, 0.5) is 0 Å². The molecule has 2 aromatic carbocycles. The van der Waals surface area contributed by atoms with Gasteiger partial charge in [-0.25, -0.2) is 0 Å². The molecule has 0 aliphatic heterocycles. The standard InChI is InChI=1S/C30H44/c1-21(2)23-11-15-29(5,16-12-23)27-9-7-26-20-28(10-8-25(26)19-27)30(6)17-13-24(14-18-30)22(3)4/h7-10,19-24H,11-18H2,1-6H3. The summed E-state index contributed by atoms with van der Waals surface area (Å²) in [6, 6.07) is 14.7. The van der Waals surface area contributed by atoms with Gasteiger partial charge in [0.25, 0.3) is 0 Å². The van der Waals surface area contributed by atoms with Crippen molar-refractivity contribution in [2.75, 3.05) is 0 Å². The molecule has 0 aromatic heterocycles. The van der Waals surface area contributed by atoms with Gasteiger partial charge in [0.1, 0.15) is 0 Å². The third kappa shape index (κ3) is 4.21. The molecule has 0 nitrogen and oxygen atoms in total. The van der Waals surface area contributed by atoms with Crippen LogP contribution in [-0.4, -0.2) is 0 Å². The molecule has 0 unspecified atom stereocenters. The minimum atomic E-state index is 0.361. The molecule has 0 amide bonds. The smallest absolute Gasteiger partial charge is 0.00748 e. The Labute approximate surface area is 185 Å². The summed E-state index contributed by atoms with van der Waals surface area (Å²) in [4.78, 5) is 0. The maximum atomic E-state index is 2.51. The van der Waals surface area contributed by atoms with Gasteiger partial charge in [-0.3, -0.25) is 0 Å². The third-order valence-electron chi connectivity index (χ3n) is 9.39. The molecule has 0 radical (unpaired) electrons. The highest BCUT2D eigenvalue weighted by molar-refractivity contribution is 5.84. The Bertz CT molecular complexity index is 781. The molecule has 0 heteroatoms. The highest BCUT2D eigenvalue weighted by atomic mass is 14.4. The fraction of sp³-hybridized carbons (Fsp3) is 0.667. The van der Waals surface area contributed by atoms with Crippen molar-refractivity contribution in [1.82, 2.24) is 0 Å². The number of rotatable bonds is 4. The van der Waals surface area contributed by atoms with E-state index in [2.05, 4.69) is 77.9 Å². The van der Waals surface area contributed by atoms with E-state index in [1.807, 2.05) is 0 Å². The molecule has 30 heavy (non-hydrogen) atoms. The Morgan fingerprint density at radius 3 is 1.23 bits per heavy atom. The van der Waals surface area contributed by atoms with E-state index in [1.165, 1.54) is 62.1 Å². The molecule has 2 aliphatic carbocycles. The zero-order valence-corrected chi connectivity index (χ0v) is 20.4. The van der Waals surface area contributed by atoms with Crippen molar-refractivity contribution in [1.29, 1.82) is 0 Å². The summed E-state index contributed by atoms with van der Waals surface area (Å²) >= 11 is 0. The zero-order valence-electron chi connectivity index (χ0n) is 20.4. The minimum Gasteiger partial charge on any atom is -0.0625 e. The van der Waals surface area contributed by atoms with Crippen molar-refractivity contribution in [3.05, 3.63) is 47.5 Å². The van der Waals surface area contributed by atoms with E-state index >= 15 is 0 Å². The molecule has 164 valence electrons. The first kappa shape index (κ1) is 21.9. The number of benzene rings is 2. The van der Waals surface area contributed by atoms with Crippen molar-refractivity contribution in [2.24, 2.45) is 23.7 Å². The highest BCUT2D eigenvalue weighted by Gasteiger charge is 2.35. The summed E-state index contributed by atoms with van der Waals surface area (Å²) in [6.07, 6.45) is 10.9. The molecule has 2 saturated carbocycles. The first-order valence-corrected chi connectivity index (χ1v) is 12.7. The maximum absolute atomic E-state index is 2.51. The Balaban J connectivity index is 1.53. The van der Waals surface area contributed by atoms with Crippen LogP contribution < -0.4 is 0 Å². The van der Waals surface area contributed by atoms with Crippen LogP contribution in [0.25, 0.3) is 10.8 Å². The quantitative estimate of drug-likeness (QED) is 0.476. The molecule has 2 aliphatic rings. The van der Waals surface area contributed by atoms with Gasteiger partial charge in [0.2, 0.25) is 0 Å². The fourth-order valence-electron chi connectivity index (χ4n) is 6.46. The summed E-state index contributed by atoms with van der Waals surface area (Å²) in [6.45, 7) is 14.6. The largest absolute Gasteiger partial charge is 0.0625 e. The first-order valence-electron chi connectivity index (χ1n) is 12.7. The van der Waals surface area contributed by atoms with Crippen LogP contribution in [0.15, 0.2) is 36.4 Å². The van der Waals surface area contributed by atoms with Gasteiger partial charge in [0, 0.05) is 0 Å². The van der Waals surface area contributed by atoms with E-state index in [4.69, 9.17) is 0 Å². The molecule has 0 atom stereocenters. The SMILES string of the molecule is CC(C)C1CCC(C)(c2ccc3cc(C4(C)CCC(C(C)C)CC4)ccc3c2)CC1. The second kappa shape index (κ2) is 8.33. The molecule has 2 aromatic rings. The van der Waals surface area contributed by atoms with Gasteiger partial charge in [-0.1, -0.05) is 77.9 Å². The third-order valence-corrected chi connectivity index (χ3v) is 9.39. The van der Waals surface area contributed by atoms with Crippen LogP contribution in [0.2, 0.25) is 0 Å². The molecule has 0 saturated heterocycles. The Morgan fingerprint density at radius 1 is 0.600 bits per heavy atom. The maximum Gasteiger partial charge on any atom is -0.00748 e. The Hall–Kier alpha value is -1.30. The predicted molar refractivity (Wildman–Crippen MR) is 132 cm³/mol. The van der Waals surface area contributed by atoms with Gasteiger partial charge in [0.15, 0.2) is 0 Å². The van der Waals surface area contributed by atoms with E-state index in [9.17, 15) is 0 Å². The average Bonchev–Trinajstić information content (AvgIpc) is 2.73. The van der Waals surface area contributed by atoms with Crippen molar-refractivity contribution < 1.29 is 0 Å². The lowest BCUT2D eigenvalue weighted by Crippen LogP contribution is -2.30. The van der Waals surface area contributed by atoms with Crippen LogP contribution in [0, 0.1) is 23.7 Å². The lowest BCUT2D eigenvalue weighted by molar-refractivity contribution is 0.204. The Kier molecular flexibility index (Phi) is 6.08. The van der Waals surface area contributed by atoms with E-state index in [0.29, 0.717) is 10.8 Å². The van der Waals surface area contributed by atoms with E-state index in [0.717, 1.165) is 23.7 Å². The summed E-state index contributed by atoms with van der Waals surface area (Å²) in [5.74, 6) is 3.52. The normalized spacial score (nSPS) is 32.8. The van der Waals surface area contributed by atoms with Gasteiger partial charge >= 0.3 is 0 Å². The van der Waals surface area contributed by atoms with Crippen LogP contribution >= 0.6 is 0 Å². The van der Waals surface area contributed by atoms with Gasteiger partial charge in [0.05, 0.1) is 0 Å². The average molecular weight is 405 g/mol. The molecule has 0 bridgehead atoms. The summed E-state index contributed by atoms with van der Waals surface area (Å²) in [7, 11) is 0. The number of hydrogen-bond donors (Lipinski definition) is 0. The zero-order chi connectivity index (χ0) is 21.5. The van der Waals surface area contributed by atoms with Gasteiger partial charge in [-0.15, -0.1) is 0 Å². The van der Waals surface area contributed by atoms with Gasteiger partial charge < -0.3 is 0 Å². The molecular weight excluding hydrogens is 360 g/mol. The van der Waals surface area contributed by atoms with E-state index < -0.39 is 0 Å². The Morgan fingerprint density at radius 2 is 0.933 bits per heavy atom. The number of hydrogen-bond acceptors (Lipinski definition) is 0. The second-order valence-corrected chi connectivity index (χ2v) is 12.1. The first-order chi connectivity index (χ1) is 14.2. The van der Waals surface area contributed by atoms with E-state index in [-0.39, 0.29) is 0 Å². The molecule has 0 heterocycles. The predicted octanol–water partition coefficient (Wildman–Crippen LogP) is 9.05. The van der Waals surface area contributed by atoms with Crippen LogP contribution in [-0.2, 0) is 10.8 Å². The molecule has 2 fully saturated rings. The van der Waals surface area contributed by atoms with Crippen molar-refractivity contribution in [2.45, 2.75) is 104 Å². The summed E-state index contributed by atoms with van der Waals surface area (Å²) in [5.41, 5.74) is 3.85. The van der Waals surface area contributed by atoms with Crippen LogP contribution in [0.5, 0.6) is 0 Å². The van der Waals surface area contributed by atoms with Crippen LogP contribution in [0.3, 0.4) is 0 Å². The van der Waals surface area contributed by atoms with Crippen molar-refractivity contribution in [3.63, 3.8) is 0 Å². The van der Waals surface area contributed by atoms with Crippen molar-refractivity contribution >= 4 is 10.8 Å². The molecule has 0 spiro atoms. The lowest BCUT2D eigenvalue weighted by atomic mass is 9.65. The second-order valence-electron chi connectivity index (χ2n) is 12.1. The monoisotopic (exact) mass is 404 g/mol. The van der Waals surface area contributed by atoms with Gasteiger partial charge in [-0.2, -0.15) is 0 Å². The van der Waals surface area contributed by atoms with Crippen molar-refractivity contribution in [3.8, 4) is 0 Å². The minimum absolute atomic E-state index is 0.361. The highest BCUT2D eigenvalue weighted by Crippen LogP contribution is 2.46. The fourth-order valence-corrected chi connectivity index (χ4v) is 6.46. The van der Waals surface area contributed by atoms with E-state index in [1.54, 1.807) is 11.1 Å².